The van der Waals surface area contributed by atoms with Gasteiger partial charge in [-0.15, -0.1) is 0 Å². The smallest absolute Gasteiger partial charge is 0.298 e. The molecule has 0 amide bonds. The number of rotatable bonds is 1. The van der Waals surface area contributed by atoms with Gasteiger partial charge < -0.3 is 6.57 Å². The molecule has 0 aliphatic heterocycles. The van der Waals surface area contributed by atoms with E-state index >= 15 is 0 Å². The van der Waals surface area contributed by atoms with Gasteiger partial charge in [0, 0.05) is 0 Å². The van der Waals surface area contributed by atoms with Crippen LogP contribution < -0.4 is 4.72 Å². The van der Waals surface area contributed by atoms with Gasteiger partial charge in [0.1, 0.15) is 0 Å². The van der Waals surface area contributed by atoms with Crippen LogP contribution in [0.2, 0.25) is 5.79 Å². The van der Waals surface area contributed by atoms with Gasteiger partial charge in [0.05, 0.1) is 0 Å². The molecule has 0 saturated carbocycles. The first kappa shape index (κ1) is 11.8. The quantitative estimate of drug-likeness (QED) is 0.407. The zero-order valence-corrected chi connectivity index (χ0v) is 11.4. The maximum absolute atomic E-state index is 4.53. The molecule has 0 atom stereocenters. The number of nitrogens with two attached hydrogens (primary N) is 1. The Bertz CT molecular complexity index is 23.7. The van der Waals surface area contributed by atoms with Crippen LogP contribution in [0.5, 0.6) is 0 Å². The lowest BCUT2D eigenvalue weighted by molar-refractivity contribution is 1.15. The van der Waals surface area contributed by atoms with Crippen LogP contribution in [0, 0.1) is 0 Å². The Morgan fingerprint density at radius 2 is 1.86 bits per heavy atom. The average Bonchev–Trinajstić information content (AvgIpc) is 1.73. The molecule has 0 aromatic heterocycles. The standard InChI is InChI=1S/CH3.4Al.H2N.N.5H/h1H3;;;;;1H2;;;;;;/q;;;;+1;-1;;;;;;. The van der Waals surface area contributed by atoms with Crippen molar-refractivity contribution in [2.75, 3.05) is 0 Å². The van der Waals surface area contributed by atoms with E-state index < -0.39 is 0 Å². The summed E-state index contributed by atoms with van der Waals surface area (Å²) >= 11 is 4.90. The zero-order valence-electron chi connectivity index (χ0n) is 5.15. The molecule has 0 unspecified atom stereocenters. The molecule has 0 spiro atoms. The molecule has 0 fully saturated rings. The van der Waals surface area contributed by atoms with Gasteiger partial charge in [-0.05, 0) is 0 Å². The molecule has 2 nitrogen and oxygen atoms in total. The molecule has 0 saturated heterocycles. The summed E-state index contributed by atoms with van der Waals surface area (Å²) in [4.78, 5) is 0. The van der Waals surface area contributed by atoms with Gasteiger partial charge in [-0.25, -0.2) is 0 Å². The minimum Gasteiger partial charge on any atom is -0.577 e. The van der Waals surface area contributed by atoms with Gasteiger partial charge in [0.15, 0.2) is 0 Å². The highest BCUT2D eigenvalue weighted by atomic mass is 27.2. The summed E-state index contributed by atoms with van der Waals surface area (Å²) in [6.07, 6.45) is 0. The average molecular weight is 158 g/mol. The fourth-order valence-corrected chi connectivity index (χ4v) is 0. The summed E-state index contributed by atoms with van der Waals surface area (Å²) in [7, 11) is 0. The van der Waals surface area contributed by atoms with E-state index in [4.69, 9.17) is 0 Å². The highest BCUT2D eigenvalue weighted by molar-refractivity contribution is 6.51. The molecule has 0 heterocycles. The summed E-state index contributed by atoms with van der Waals surface area (Å²) in [5.74, 6) is 2.31. The van der Waals surface area contributed by atoms with Crippen molar-refractivity contribution in [2.24, 2.45) is 4.72 Å². The van der Waals surface area contributed by atoms with Gasteiger partial charge in [-0.1, -0.05) is 5.79 Å². The van der Waals surface area contributed by atoms with E-state index in [1.165, 1.54) is 33.0 Å². The Hall–Kier alpha value is 2.05. The first-order valence-corrected chi connectivity index (χ1v) is 6.59. The molecule has 0 aromatic rings. The largest absolute Gasteiger partial charge is 0.577 e. The molecular weight excluding hydrogens is 148 g/mol. The second-order valence-electron chi connectivity index (χ2n) is 1.17. The van der Waals surface area contributed by atoms with Crippen LogP contribution in [-0.2, 0) is 0 Å². The zero-order chi connectivity index (χ0) is 6.28. The van der Waals surface area contributed by atoms with Crippen LogP contribution in [0.25, 0.3) is 0 Å². The second kappa shape index (κ2) is 10.9. The molecule has 36 valence electrons. The third kappa shape index (κ3) is 18.0. The Morgan fingerprint density at radius 1 is 1.71 bits per heavy atom. The van der Waals surface area contributed by atoms with Crippen molar-refractivity contribution in [3.05, 3.63) is 0 Å². The normalized spacial score (nSPS) is 6.71. The Labute approximate surface area is 76.7 Å². The lowest BCUT2D eigenvalue weighted by Crippen LogP contribution is -2.17. The summed E-state index contributed by atoms with van der Waals surface area (Å²) in [5, 5.41) is 0. The Balaban J connectivity index is 0. The fraction of sp³-hybridized carbons (Fsp3) is 1.00. The summed E-state index contributed by atoms with van der Waals surface area (Å²) < 4.78 is 6.96. The van der Waals surface area contributed by atoms with Crippen LogP contribution in [0.15, 0.2) is 0 Å². The predicted octanol–water partition coefficient (Wildman–Crippen LogP) is -3.19. The van der Waals surface area contributed by atoms with Gasteiger partial charge in [-0.3, -0.25) is 0 Å². The molecule has 7 heavy (non-hydrogen) atoms. The first-order chi connectivity index (χ1) is 3.27. The Kier molecular flexibility index (Phi) is 18.4. The van der Waals surface area contributed by atoms with E-state index in [1.807, 2.05) is 16.5 Å². The van der Waals surface area contributed by atoms with E-state index in [0.717, 1.165) is 0 Å². The van der Waals surface area contributed by atoms with Crippen molar-refractivity contribution in [1.29, 1.82) is 0 Å². The number of hydrogen-bond acceptors (Lipinski definition) is 2. The fourth-order valence-electron chi connectivity index (χ4n) is 0. The van der Waals surface area contributed by atoms with E-state index in [9.17, 15) is 0 Å². The van der Waals surface area contributed by atoms with Crippen LogP contribution in [0.4, 0.5) is 0 Å². The maximum Gasteiger partial charge on any atom is 0.298 e. The topological polar surface area (TPSA) is 29.3 Å². The highest BCUT2D eigenvalue weighted by Gasteiger charge is 1.79. The maximum atomic E-state index is 4.53. The third-order valence-corrected chi connectivity index (χ3v) is 4.86. The van der Waals surface area contributed by atoms with Crippen LogP contribution >= 0.6 is 0 Å². The lowest BCUT2D eigenvalue weighted by atomic mass is 11.9. The number of nitrogens with zero attached hydrogens (tertiary/aromatic N) is 1. The Morgan fingerprint density at radius 3 is 1.86 bits per heavy atom. The molecule has 2 radical (unpaired) electrons. The van der Waals surface area contributed by atoms with Crippen LogP contribution in [-0.4, -0.2) is 66.8 Å². The van der Waals surface area contributed by atoms with E-state index in [-0.39, 0.29) is 15.4 Å². The van der Waals surface area contributed by atoms with E-state index in [1.54, 1.807) is 0 Å². The summed E-state index contributed by atoms with van der Waals surface area (Å²) in [6, 6.07) is 0. The molecule has 0 bridgehead atoms. The first-order valence-electron chi connectivity index (χ1n) is 2.20. The molecular formula is CH10Al4N2. The summed E-state index contributed by atoms with van der Waals surface area (Å²) in [6.45, 7) is 0. The second-order valence-corrected chi connectivity index (χ2v) is 8.65. The molecule has 0 aliphatic carbocycles. The van der Waals surface area contributed by atoms with Crippen molar-refractivity contribution in [3.8, 4) is 0 Å². The molecule has 0 rings (SSSR count). The predicted molar refractivity (Wildman–Crippen MR) is 41.9 cm³/mol. The van der Waals surface area contributed by atoms with Crippen molar-refractivity contribution < 1.29 is 0 Å². The monoisotopic (exact) mass is 158 g/mol. The van der Waals surface area contributed by atoms with Crippen LogP contribution in [0.1, 0.15) is 0 Å². The van der Waals surface area contributed by atoms with Crippen molar-refractivity contribution in [1.82, 2.24) is 1.85 Å². The minimum absolute atomic E-state index is 0.256. The van der Waals surface area contributed by atoms with Crippen molar-refractivity contribution in [2.45, 2.75) is 5.79 Å². The molecule has 0 aromatic carbocycles. The molecule has 6 heteroatoms. The number of hydrogen-bond donors (Lipinski definition) is 1. The highest BCUT2D eigenvalue weighted by Crippen LogP contribution is 1.56. The SMILES string of the molecule is [CH3][AlH][N]([AlH])[AlH2].[NH2][AlH]. The lowest BCUT2D eigenvalue weighted by Gasteiger charge is -2.01. The molecule has 0 aliphatic rings. The van der Waals surface area contributed by atoms with Gasteiger partial charge >= 0.3 is 0 Å². The minimum atomic E-state index is 0.256. The third-order valence-electron chi connectivity index (χ3n) is 0.540. The van der Waals surface area contributed by atoms with Gasteiger partial charge in [0.25, 0.3) is 48.5 Å². The van der Waals surface area contributed by atoms with Gasteiger partial charge in [-0.2, -0.15) is 0 Å². The van der Waals surface area contributed by atoms with Gasteiger partial charge in [0.2, 0.25) is 16.5 Å². The summed E-state index contributed by atoms with van der Waals surface area (Å²) in [5.41, 5.74) is 0. The van der Waals surface area contributed by atoms with E-state index in [0.29, 0.717) is 0 Å². The van der Waals surface area contributed by atoms with E-state index in [2.05, 4.69) is 12.4 Å². The van der Waals surface area contributed by atoms with Crippen molar-refractivity contribution >= 4 is 65.0 Å². The van der Waals surface area contributed by atoms with Crippen molar-refractivity contribution in [3.63, 3.8) is 0 Å². The molecule has 2 N–H and O–H groups in total. The van der Waals surface area contributed by atoms with Crippen LogP contribution in [0.3, 0.4) is 0 Å².